The number of rotatable bonds is 3. The maximum Gasteiger partial charge on any atom is 0.275 e. The molecule has 1 aliphatic rings. The van der Waals surface area contributed by atoms with Gasteiger partial charge in [0.05, 0.1) is 5.52 Å². The second-order valence-electron chi connectivity index (χ2n) is 5.57. The van der Waals surface area contributed by atoms with Crippen LogP contribution in [0.25, 0.3) is 10.9 Å². The molecule has 3 N–H and O–H groups in total. The maximum atomic E-state index is 12.6. The minimum absolute atomic E-state index is 0.0143. The van der Waals surface area contributed by atoms with E-state index in [2.05, 4.69) is 17.1 Å². The molecule has 20 heavy (non-hydrogen) atoms. The third kappa shape index (κ3) is 2.24. The molecule has 1 atom stereocenters. The van der Waals surface area contributed by atoms with Crippen LogP contribution in [0, 0.1) is 5.92 Å². The van der Waals surface area contributed by atoms with Crippen molar-refractivity contribution in [2.24, 2.45) is 5.92 Å². The van der Waals surface area contributed by atoms with Crippen molar-refractivity contribution in [3.63, 3.8) is 0 Å². The zero-order valence-electron chi connectivity index (χ0n) is 11.7. The molecule has 1 fully saturated rings. The van der Waals surface area contributed by atoms with Crippen LogP contribution in [0.1, 0.15) is 36.7 Å². The highest BCUT2D eigenvalue weighted by Gasteiger charge is 2.28. The van der Waals surface area contributed by atoms with E-state index >= 15 is 0 Å². The fourth-order valence-electron chi connectivity index (χ4n) is 3.01. The van der Waals surface area contributed by atoms with Gasteiger partial charge in [0.15, 0.2) is 5.69 Å². The van der Waals surface area contributed by atoms with Gasteiger partial charge in [0.1, 0.15) is 0 Å². The van der Waals surface area contributed by atoms with Crippen LogP contribution < -0.4 is 5.73 Å². The van der Waals surface area contributed by atoms with Crippen LogP contribution in [0.5, 0.6) is 0 Å². The summed E-state index contributed by atoms with van der Waals surface area (Å²) in [6.45, 7) is 3.87. The summed E-state index contributed by atoms with van der Waals surface area (Å²) in [6.07, 6.45) is 3.47. The van der Waals surface area contributed by atoms with Crippen LogP contribution in [0.15, 0.2) is 18.2 Å². The first kappa shape index (κ1) is 13.0. The predicted octanol–water partition coefficient (Wildman–Crippen LogP) is 2.41. The standard InChI is InChI=1S/C15H20N4O/c1-2-3-10-6-7-19(9-10)15(20)14-12-8-11(16)4-5-13(12)17-18-14/h4-5,8,10H,2-3,6-7,9,16H2,1H3,(H,17,18). The number of likely N-dealkylation sites (tertiary alicyclic amines) is 1. The number of hydrogen-bond donors (Lipinski definition) is 2. The van der Waals surface area contributed by atoms with E-state index in [4.69, 9.17) is 5.73 Å². The first-order valence-electron chi connectivity index (χ1n) is 7.22. The lowest BCUT2D eigenvalue weighted by molar-refractivity contribution is 0.0782. The normalized spacial score (nSPS) is 18.9. The van der Waals surface area contributed by atoms with Crippen LogP contribution in [-0.4, -0.2) is 34.1 Å². The van der Waals surface area contributed by atoms with Gasteiger partial charge in [-0.1, -0.05) is 13.3 Å². The smallest absolute Gasteiger partial charge is 0.275 e. The lowest BCUT2D eigenvalue weighted by atomic mass is 10.0. The van der Waals surface area contributed by atoms with E-state index in [1.807, 2.05) is 23.1 Å². The van der Waals surface area contributed by atoms with Crippen molar-refractivity contribution in [2.45, 2.75) is 26.2 Å². The van der Waals surface area contributed by atoms with E-state index in [1.54, 1.807) is 0 Å². The van der Waals surface area contributed by atoms with Crippen molar-refractivity contribution in [1.82, 2.24) is 15.1 Å². The van der Waals surface area contributed by atoms with Gasteiger partial charge in [-0.15, -0.1) is 0 Å². The summed E-state index contributed by atoms with van der Waals surface area (Å²) < 4.78 is 0. The summed E-state index contributed by atoms with van der Waals surface area (Å²) in [7, 11) is 0. The molecule has 0 bridgehead atoms. The molecule has 0 aliphatic carbocycles. The number of nitrogen functional groups attached to an aromatic ring is 1. The van der Waals surface area contributed by atoms with Crippen molar-refractivity contribution >= 4 is 22.5 Å². The number of carbonyl (C=O) groups is 1. The Bertz CT molecular complexity index is 634. The number of H-pyrrole nitrogens is 1. The Hall–Kier alpha value is -2.04. The molecule has 1 aromatic carbocycles. The molecule has 1 saturated heterocycles. The molecule has 0 saturated carbocycles. The zero-order valence-corrected chi connectivity index (χ0v) is 11.7. The summed E-state index contributed by atoms with van der Waals surface area (Å²) in [4.78, 5) is 14.5. The molecule has 5 heteroatoms. The molecular formula is C15H20N4O. The van der Waals surface area contributed by atoms with Gasteiger partial charge in [-0.25, -0.2) is 0 Å². The number of nitrogens with two attached hydrogens (primary N) is 1. The van der Waals surface area contributed by atoms with Gasteiger partial charge in [0.25, 0.3) is 5.91 Å². The first-order chi connectivity index (χ1) is 9.69. The maximum absolute atomic E-state index is 12.6. The van der Waals surface area contributed by atoms with E-state index in [0.29, 0.717) is 17.3 Å². The lowest BCUT2D eigenvalue weighted by Gasteiger charge is -2.15. The Labute approximate surface area is 118 Å². The highest BCUT2D eigenvalue weighted by Crippen LogP contribution is 2.25. The van der Waals surface area contributed by atoms with Crippen LogP contribution >= 0.6 is 0 Å². The fourth-order valence-corrected chi connectivity index (χ4v) is 3.01. The number of hydrogen-bond acceptors (Lipinski definition) is 3. The second-order valence-corrected chi connectivity index (χ2v) is 5.57. The molecule has 2 heterocycles. The number of anilines is 1. The van der Waals surface area contributed by atoms with Crippen molar-refractivity contribution in [1.29, 1.82) is 0 Å². The summed E-state index contributed by atoms with van der Waals surface area (Å²) in [5.41, 5.74) is 7.80. The molecule has 2 aromatic rings. The average Bonchev–Trinajstić information content (AvgIpc) is 3.05. The first-order valence-corrected chi connectivity index (χ1v) is 7.22. The van der Waals surface area contributed by atoms with Gasteiger partial charge in [-0.3, -0.25) is 9.89 Å². The molecule has 1 aromatic heterocycles. The fraction of sp³-hybridized carbons (Fsp3) is 0.467. The number of nitrogens with zero attached hydrogens (tertiary/aromatic N) is 2. The SMILES string of the molecule is CCCC1CCN(C(=O)c2n[nH]c3ccc(N)cc23)C1. The number of carbonyl (C=O) groups excluding carboxylic acids is 1. The Kier molecular flexibility index (Phi) is 3.34. The van der Waals surface area contributed by atoms with E-state index in [9.17, 15) is 4.79 Å². The van der Waals surface area contributed by atoms with Gasteiger partial charge in [0, 0.05) is 24.2 Å². The van der Waals surface area contributed by atoms with E-state index in [-0.39, 0.29) is 5.91 Å². The molecule has 1 unspecified atom stereocenters. The zero-order chi connectivity index (χ0) is 14.1. The third-order valence-corrected chi connectivity index (χ3v) is 4.06. The lowest BCUT2D eigenvalue weighted by Crippen LogP contribution is -2.29. The summed E-state index contributed by atoms with van der Waals surface area (Å²) in [5.74, 6) is 0.652. The Morgan fingerprint density at radius 3 is 3.20 bits per heavy atom. The highest BCUT2D eigenvalue weighted by atomic mass is 16.2. The molecule has 1 amide bonds. The molecule has 0 radical (unpaired) electrons. The predicted molar refractivity (Wildman–Crippen MR) is 79.4 cm³/mol. The second kappa shape index (κ2) is 5.15. The molecule has 3 rings (SSSR count). The number of fused-ring (bicyclic) bond motifs is 1. The minimum atomic E-state index is 0.0143. The van der Waals surface area contributed by atoms with Crippen LogP contribution in [0.4, 0.5) is 5.69 Å². The molecule has 0 spiro atoms. The highest BCUT2D eigenvalue weighted by molar-refractivity contribution is 6.05. The van der Waals surface area contributed by atoms with E-state index in [0.717, 1.165) is 30.4 Å². The molecule has 106 valence electrons. The van der Waals surface area contributed by atoms with E-state index < -0.39 is 0 Å². The Morgan fingerprint density at radius 2 is 2.40 bits per heavy atom. The van der Waals surface area contributed by atoms with Gasteiger partial charge in [-0.05, 0) is 37.0 Å². The van der Waals surface area contributed by atoms with Crippen molar-refractivity contribution < 1.29 is 4.79 Å². The van der Waals surface area contributed by atoms with Crippen LogP contribution in [-0.2, 0) is 0 Å². The Balaban J connectivity index is 1.84. The molecular weight excluding hydrogens is 252 g/mol. The van der Waals surface area contributed by atoms with Crippen molar-refractivity contribution in [3.8, 4) is 0 Å². The van der Waals surface area contributed by atoms with Gasteiger partial charge >= 0.3 is 0 Å². The monoisotopic (exact) mass is 272 g/mol. The largest absolute Gasteiger partial charge is 0.399 e. The summed E-state index contributed by atoms with van der Waals surface area (Å²) in [6, 6.07) is 5.48. The van der Waals surface area contributed by atoms with Gasteiger partial charge < -0.3 is 10.6 Å². The van der Waals surface area contributed by atoms with E-state index in [1.165, 1.54) is 12.8 Å². The average molecular weight is 272 g/mol. The quantitative estimate of drug-likeness (QED) is 0.842. The van der Waals surface area contributed by atoms with Crippen molar-refractivity contribution in [3.05, 3.63) is 23.9 Å². The molecule has 1 aliphatic heterocycles. The number of nitrogens with one attached hydrogen (secondary N) is 1. The van der Waals surface area contributed by atoms with Crippen molar-refractivity contribution in [2.75, 3.05) is 18.8 Å². The number of amides is 1. The van der Waals surface area contributed by atoms with Gasteiger partial charge in [0.2, 0.25) is 0 Å². The summed E-state index contributed by atoms with van der Waals surface area (Å²) in [5, 5.41) is 7.90. The van der Waals surface area contributed by atoms with Crippen LogP contribution in [0.2, 0.25) is 0 Å². The van der Waals surface area contributed by atoms with Gasteiger partial charge in [-0.2, -0.15) is 5.10 Å². The van der Waals surface area contributed by atoms with Crippen LogP contribution in [0.3, 0.4) is 0 Å². The number of aromatic nitrogens is 2. The molecule has 5 nitrogen and oxygen atoms in total. The minimum Gasteiger partial charge on any atom is -0.399 e. The summed E-state index contributed by atoms with van der Waals surface area (Å²) >= 11 is 0. The topological polar surface area (TPSA) is 75.0 Å². The third-order valence-electron chi connectivity index (χ3n) is 4.06. The number of benzene rings is 1. The Morgan fingerprint density at radius 1 is 1.55 bits per heavy atom. The number of aromatic amines is 1.